The lowest BCUT2D eigenvalue weighted by molar-refractivity contribution is -0.148. The highest BCUT2D eigenvalue weighted by Crippen LogP contribution is 2.56. The number of ether oxygens (including phenoxy) is 1. The Morgan fingerprint density at radius 1 is 1.48 bits per heavy atom. The van der Waals surface area contributed by atoms with Crippen LogP contribution in [0.1, 0.15) is 46.0 Å². The van der Waals surface area contributed by atoms with Gasteiger partial charge in [-0.15, -0.1) is 0 Å². The molecule has 3 nitrogen and oxygen atoms in total. The van der Waals surface area contributed by atoms with Crippen molar-refractivity contribution in [3.05, 3.63) is 11.6 Å². The molecule has 0 amide bonds. The number of carbonyl (C=O) groups excluding carboxylic acids is 1. The zero-order valence-electron chi connectivity index (χ0n) is 13.0. The third-order valence-corrected chi connectivity index (χ3v) is 7.40. The maximum absolute atomic E-state index is 11.9. The van der Waals surface area contributed by atoms with Gasteiger partial charge in [0.2, 0.25) is 0 Å². The molecule has 0 aromatic carbocycles. The largest absolute Gasteiger partial charge is 0.450 e. The summed E-state index contributed by atoms with van der Waals surface area (Å²) in [5.41, 5.74) is 1.07. The van der Waals surface area contributed by atoms with Gasteiger partial charge in [0.1, 0.15) is 0 Å². The SMILES string of the molecule is CC(C)CS[C@@H]1CC2=CC(=O)O[C@@]23C[C@@H]1N1CCCC[C@@H]13. The van der Waals surface area contributed by atoms with Crippen molar-refractivity contribution in [2.75, 3.05) is 12.3 Å². The second kappa shape index (κ2) is 5.02. The van der Waals surface area contributed by atoms with E-state index in [1.807, 2.05) is 6.08 Å². The summed E-state index contributed by atoms with van der Waals surface area (Å²) in [6.45, 7) is 5.78. The van der Waals surface area contributed by atoms with Crippen LogP contribution in [0.3, 0.4) is 0 Å². The van der Waals surface area contributed by atoms with Gasteiger partial charge in [-0.3, -0.25) is 4.90 Å². The highest BCUT2D eigenvalue weighted by atomic mass is 32.2. The van der Waals surface area contributed by atoms with Crippen molar-refractivity contribution in [1.29, 1.82) is 0 Å². The van der Waals surface area contributed by atoms with Gasteiger partial charge in [0.05, 0.1) is 6.04 Å². The minimum absolute atomic E-state index is 0.0920. The summed E-state index contributed by atoms with van der Waals surface area (Å²) in [5.74, 6) is 1.86. The number of piperidine rings is 1. The fourth-order valence-corrected chi connectivity index (χ4v) is 6.23. The minimum Gasteiger partial charge on any atom is -0.450 e. The minimum atomic E-state index is -0.239. The number of carbonyl (C=O) groups is 1. The van der Waals surface area contributed by atoms with E-state index in [9.17, 15) is 4.79 Å². The van der Waals surface area contributed by atoms with Gasteiger partial charge >= 0.3 is 5.97 Å². The van der Waals surface area contributed by atoms with Crippen molar-refractivity contribution in [1.82, 2.24) is 4.90 Å². The Morgan fingerprint density at radius 2 is 2.33 bits per heavy atom. The van der Waals surface area contributed by atoms with Gasteiger partial charge in [-0.2, -0.15) is 11.8 Å². The number of hydrogen-bond donors (Lipinski definition) is 0. The summed E-state index contributed by atoms with van der Waals surface area (Å²) in [7, 11) is 0. The molecular formula is C17H25NO2S. The molecule has 0 N–H and O–H groups in total. The number of esters is 1. The zero-order chi connectivity index (χ0) is 14.6. The van der Waals surface area contributed by atoms with Gasteiger partial charge in [0, 0.05) is 23.8 Å². The molecule has 1 aliphatic carbocycles. The quantitative estimate of drug-likeness (QED) is 0.750. The Balaban J connectivity index is 1.64. The molecule has 0 unspecified atom stereocenters. The molecule has 3 fully saturated rings. The monoisotopic (exact) mass is 307 g/mol. The van der Waals surface area contributed by atoms with Crippen molar-refractivity contribution in [3.63, 3.8) is 0 Å². The van der Waals surface area contributed by atoms with Crippen LogP contribution in [0, 0.1) is 5.92 Å². The summed E-state index contributed by atoms with van der Waals surface area (Å²) in [5, 5.41) is 0.643. The molecule has 0 radical (unpaired) electrons. The maximum atomic E-state index is 11.9. The standard InChI is InChI=1S/C17H25NO2S/c1-11(2)10-21-14-7-12-8-16(19)20-17(12)9-13(14)18-6-4-3-5-15(17)18/h8,11,13-15H,3-7,9-10H2,1-2H3/t13-,14+,15+,17-/m0/s1. The molecule has 4 rings (SSSR count). The molecule has 116 valence electrons. The van der Waals surface area contributed by atoms with Crippen molar-refractivity contribution in [2.45, 2.75) is 68.9 Å². The number of thioether (sulfide) groups is 1. The lowest BCUT2D eigenvalue weighted by Gasteiger charge is -2.38. The van der Waals surface area contributed by atoms with Crippen LogP contribution < -0.4 is 0 Å². The topological polar surface area (TPSA) is 29.5 Å². The van der Waals surface area contributed by atoms with Crippen LogP contribution in [-0.2, 0) is 9.53 Å². The second-order valence-corrected chi connectivity index (χ2v) is 8.74. The highest BCUT2D eigenvalue weighted by Gasteiger charge is 2.63. The van der Waals surface area contributed by atoms with Gasteiger partial charge in [-0.25, -0.2) is 4.79 Å². The van der Waals surface area contributed by atoms with E-state index in [4.69, 9.17) is 4.74 Å². The normalized spacial score (nSPS) is 41.8. The van der Waals surface area contributed by atoms with E-state index in [0.717, 1.165) is 18.8 Å². The molecule has 2 saturated heterocycles. The van der Waals surface area contributed by atoms with Crippen LogP contribution in [-0.4, -0.2) is 46.1 Å². The van der Waals surface area contributed by atoms with Crippen LogP contribution in [0.5, 0.6) is 0 Å². The van der Waals surface area contributed by atoms with Crippen molar-refractivity contribution in [3.8, 4) is 0 Å². The Labute approximate surface area is 131 Å². The van der Waals surface area contributed by atoms with Crippen molar-refractivity contribution < 1.29 is 9.53 Å². The predicted molar refractivity (Wildman–Crippen MR) is 85.4 cm³/mol. The molecule has 0 aromatic heterocycles. The van der Waals surface area contributed by atoms with E-state index in [2.05, 4.69) is 30.5 Å². The Kier molecular flexibility index (Phi) is 3.38. The molecule has 4 aliphatic rings. The van der Waals surface area contributed by atoms with Crippen LogP contribution in [0.2, 0.25) is 0 Å². The van der Waals surface area contributed by atoms with Gasteiger partial charge < -0.3 is 4.74 Å². The average molecular weight is 307 g/mol. The highest BCUT2D eigenvalue weighted by molar-refractivity contribution is 7.99. The van der Waals surface area contributed by atoms with E-state index < -0.39 is 0 Å². The van der Waals surface area contributed by atoms with E-state index in [1.54, 1.807) is 0 Å². The van der Waals surface area contributed by atoms with E-state index in [-0.39, 0.29) is 11.6 Å². The molecule has 3 heterocycles. The van der Waals surface area contributed by atoms with Crippen LogP contribution in [0.15, 0.2) is 11.6 Å². The lowest BCUT2D eigenvalue weighted by Crippen LogP contribution is -2.48. The van der Waals surface area contributed by atoms with Gasteiger partial charge in [0.25, 0.3) is 0 Å². The molecule has 0 aromatic rings. The summed E-state index contributed by atoms with van der Waals surface area (Å²) in [6, 6.07) is 1.07. The maximum Gasteiger partial charge on any atom is 0.331 e. The van der Waals surface area contributed by atoms with Crippen LogP contribution in [0.4, 0.5) is 0 Å². The third kappa shape index (κ3) is 2.09. The molecular weight excluding hydrogens is 282 g/mol. The molecule has 21 heavy (non-hydrogen) atoms. The molecule has 1 spiro atoms. The summed E-state index contributed by atoms with van der Waals surface area (Å²) >= 11 is 2.12. The molecule has 2 bridgehead atoms. The van der Waals surface area contributed by atoms with Crippen molar-refractivity contribution >= 4 is 17.7 Å². The number of hydrogen-bond acceptors (Lipinski definition) is 4. The average Bonchev–Trinajstić information content (AvgIpc) is 2.93. The van der Waals surface area contributed by atoms with E-state index in [1.165, 1.54) is 37.1 Å². The summed E-state index contributed by atoms with van der Waals surface area (Å²) < 4.78 is 5.90. The fourth-order valence-electron chi connectivity index (χ4n) is 4.82. The molecule has 1 saturated carbocycles. The summed E-state index contributed by atoms with van der Waals surface area (Å²) in [4.78, 5) is 14.6. The first-order valence-electron chi connectivity index (χ1n) is 8.41. The number of nitrogens with zero attached hydrogens (tertiary/aromatic N) is 1. The van der Waals surface area contributed by atoms with Crippen LogP contribution >= 0.6 is 11.8 Å². The second-order valence-electron chi connectivity index (χ2n) is 7.47. The number of fused-ring (bicyclic) bond motifs is 3. The fraction of sp³-hybridized carbons (Fsp3) is 0.824. The summed E-state index contributed by atoms with van der Waals surface area (Å²) in [6.07, 6.45) is 7.70. The Bertz CT molecular complexity index is 489. The van der Waals surface area contributed by atoms with Gasteiger partial charge in [-0.1, -0.05) is 20.3 Å². The van der Waals surface area contributed by atoms with Crippen LogP contribution in [0.25, 0.3) is 0 Å². The van der Waals surface area contributed by atoms with E-state index >= 15 is 0 Å². The Morgan fingerprint density at radius 3 is 3.14 bits per heavy atom. The first-order valence-corrected chi connectivity index (χ1v) is 9.46. The van der Waals surface area contributed by atoms with Gasteiger partial charge in [0.15, 0.2) is 5.60 Å². The lowest BCUT2D eigenvalue weighted by atomic mass is 9.77. The zero-order valence-corrected chi connectivity index (χ0v) is 13.8. The smallest absolute Gasteiger partial charge is 0.331 e. The molecule has 4 atom stereocenters. The first-order chi connectivity index (χ1) is 10.1. The first kappa shape index (κ1) is 14.1. The number of rotatable bonds is 3. The predicted octanol–water partition coefficient (Wildman–Crippen LogP) is 3.00. The van der Waals surface area contributed by atoms with Crippen molar-refractivity contribution in [2.24, 2.45) is 5.92 Å². The van der Waals surface area contributed by atoms with Gasteiger partial charge in [-0.05, 0) is 43.1 Å². The molecule has 3 aliphatic heterocycles. The molecule has 4 heteroatoms. The van der Waals surface area contributed by atoms with E-state index in [0.29, 0.717) is 17.3 Å². The Hall–Kier alpha value is -0.480. The third-order valence-electron chi connectivity index (χ3n) is 5.63.